The second kappa shape index (κ2) is 7.43. The number of rotatable bonds is 5. The molecule has 2 aromatic rings. The van der Waals surface area contributed by atoms with E-state index in [2.05, 4.69) is 36.7 Å². The molecule has 1 aromatic heterocycles. The second-order valence-electron chi connectivity index (χ2n) is 5.40. The van der Waals surface area contributed by atoms with E-state index in [9.17, 15) is 14.9 Å². The summed E-state index contributed by atoms with van der Waals surface area (Å²) in [7, 11) is 0. The Hall–Kier alpha value is -2.75. The highest BCUT2D eigenvalue weighted by Gasteiger charge is 2.28. The fraction of sp³-hybridized carbons (Fsp3) is 0.267. The largest absolute Gasteiger partial charge is 0.355 e. The average molecular weight is 407 g/mol. The Morgan fingerprint density at radius 2 is 1.96 bits per heavy atom. The molecule has 130 valence electrons. The number of nitrogens with zero attached hydrogens (tertiary/aromatic N) is 4. The van der Waals surface area contributed by atoms with Gasteiger partial charge in [0, 0.05) is 17.6 Å². The van der Waals surface area contributed by atoms with Crippen LogP contribution in [0.25, 0.3) is 0 Å². The number of anilines is 2. The van der Waals surface area contributed by atoms with Gasteiger partial charge in [-0.1, -0.05) is 12.1 Å². The van der Waals surface area contributed by atoms with Crippen molar-refractivity contribution in [3.63, 3.8) is 0 Å². The van der Waals surface area contributed by atoms with E-state index in [4.69, 9.17) is 0 Å². The Labute approximate surface area is 151 Å². The molecule has 0 unspecified atom stereocenters. The molecule has 0 spiro atoms. The van der Waals surface area contributed by atoms with Crippen LogP contribution in [0.2, 0.25) is 0 Å². The average Bonchev–Trinajstić information content (AvgIpc) is 3.14. The van der Waals surface area contributed by atoms with Gasteiger partial charge in [0.25, 0.3) is 5.91 Å². The number of hydrogen-bond acceptors (Lipinski definition) is 7. The molecule has 10 heteroatoms. The number of nitrogens with one attached hydrogen (secondary N) is 2. The van der Waals surface area contributed by atoms with Gasteiger partial charge >= 0.3 is 5.69 Å². The van der Waals surface area contributed by atoms with Gasteiger partial charge in [-0.05, 0) is 40.9 Å². The first-order valence-electron chi connectivity index (χ1n) is 7.63. The van der Waals surface area contributed by atoms with E-state index in [1.807, 2.05) is 4.90 Å². The molecule has 1 saturated heterocycles. The Morgan fingerprint density at radius 3 is 2.64 bits per heavy atom. The Balaban J connectivity index is 1.82. The molecular formula is C15H15BrN6O3. The first-order chi connectivity index (χ1) is 12.1. The summed E-state index contributed by atoms with van der Waals surface area (Å²) < 4.78 is 0.615. The molecule has 3 rings (SSSR count). The van der Waals surface area contributed by atoms with Crippen LogP contribution in [-0.2, 0) is 0 Å². The van der Waals surface area contributed by atoms with Crippen LogP contribution in [0.5, 0.6) is 0 Å². The Bertz CT molecular complexity index is 810. The lowest BCUT2D eigenvalue weighted by atomic mass is 10.2. The number of carbonyl (C=O) groups excluding carboxylic acids is 1. The van der Waals surface area contributed by atoms with E-state index >= 15 is 0 Å². The fourth-order valence-corrected chi connectivity index (χ4v) is 3.08. The molecule has 1 fully saturated rings. The summed E-state index contributed by atoms with van der Waals surface area (Å²) in [4.78, 5) is 33.0. The molecule has 25 heavy (non-hydrogen) atoms. The van der Waals surface area contributed by atoms with Crippen LogP contribution >= 0.6 is 15.9 Å². The van der Waals surface area contributed by atoms with Crippen LogP contribution in [0.4, 0.5) is 17.3 Å². The van der Waals surface area contributed by atoms with Gasteiger partial charge in [-0.3, -0.25) is 25.8 Å². The van der Waals surface area contributed by atoms with E-state index < -0.39 is 10.8 Å². The molecule has 2 heterocycles. The molecule has 0 atom stereocenters. The summed E-state index contributed by atoms with van der Waals surface area (Å²) in [6.45, 7) is 1.42. The van der Waals surface area contributed by atoms with E-state index in [-0.39, 0.29) is 17.3 Å². The molecule has 2 N–H and O–H groups in total. The van der Waals surface area contributed by atoms with Crippen molar-refractivity contribution in [2.24, 2.45) is 0 Å². The maximum Gasteiger partial charge on any atom is 0.355 e. The van der Waals surface area contributed by atoms with Crippen molar-refractivity contribution in [3.05, 3.63) is 50.7 Å². The summed E-state index contributed by atoms with van der Waals surface area (Å²) >= 11 is 3.29. The molecule has 1 amide bonds. The number of amides is 1. The third-order valence-corrected chi connectivity index (χ3v) is 4.50. The summed E-state index contributed by atoms with van der Waals surface area (Å²) in [5.74, 6) is -0.236. The van der Waals surface area contributed by atoms with Gasteiger partial charge < -0.3 is 4.90 Å². The SMILES string of the molecule is O=C(NNc1ncnc(N2CCCC2)c1[N+](=O)[O-])c1ccccc1Br. The van der Waals surface area contributed by atoms with Crippen LogP contribution in [0.1, 0.15) is 23.2 Å². The Morgan fingerprint density at radius 1 is 1.24 bits per heavy atom. The zero-order valence-electron chi connectivity index (χ0n) is 13.1. The zero-order valence-corrected chi connectivity index (χ0v) is 14.7. The topological polar surface area (TPSA) is 113 Å². The molecule has 0 saturated carbocycles. The third-order valence-electron chi connectivity index (χ3n) is 3.80. The fourth-order valence-electron chi connectivity index (χ4n) is 2.62. The normalized spacial score (nSPS) is 13.6. The number of halogens is 1. The molecule has 0 bridgehead atoms. The third kappa shape index (κ3) is 3.68. The number of aromatic nitrogens is 2. The van der Waals surface area contributed by atoms with E-state index in [0.29, 0.717) is 23.1 Å². The van der Waals surface area contributed by atoms with Crippen molar-refractivity contribution in [2.45, 2.75) is 12.8 Å². The maximum atomic E-state index is 12.2. The van der Waals surface area contributed by atoms with Crippen molar-refractivity contribution in [1.29, 1.82) is 0 Å². The van der Waals surface area contributed by atoms with Crippen LogP contribution < -0.4 is 15.8 Å². The minimum Gasteiger partial charge on any atom is -0.351 e. The summed E-state index contributed by atoms with van der Waals surface area (Å²) in [6.07, 6.45) is 3.17. The summed E-state index contributed by atoms with van der Waals surface area (Å²) in [6, 6.07) is 6.86. The first kappa shape index (κ1) is 17.1. The highest BCUT2D eigenvalue weighted by Crippen LogP contribution is 2.33. The number of nitro groups is 1. The molecule has 1 aliphatic rings. The lowest BCUT2D eigenvalue weighted by molar-refractivity contribution is -0.383. The molecule has 1 aromatic carbocycles. The number of hydrazine groups is 1. The van der Waals surface area contributed by atoms with Crippen LogP contribution in [-0.4, -0.2) is 33.9 Å². The quantitative estimate of drug-likeness (QED) is 0.578. The van der Waals surface area contributed by atoms with Crippen LogP contribution in [0.15, 0.2) is 35.1 Å². The Kier molecular flexibility index (Phi) is 5.08. The van der Waals surface area contributed by atoms with Gasteiger partial charge in [0.15, 0.2) is 0 Å². The highest BCUT2D eigenvalue weighted by atomic mass is 79.9. The highest BCUT2D eigenvalue weighted by molar-refractivity contribution is 9.10. The van der Waals surface area contributed by atoms with Crippen molar-refractivity contribution in [2.75, 3.05) is 23.4 Å². The van der Waals surface area contributed by atoms with Crippen LogP contribution in [0.3, 0.4) is 0 Å². The van der Waals surface area contributed by atoms with Gasteiger partial charge in [0.05, 0.1) is 10.5 Å². The monoisotopic (exact) mass is 406 g/mol. The van der Waals surface area contributed by atoms with Crippen molar-refractivity contribution < 1.29 is 9.72 Å². The lowest BCUT2D eigenvalue weighted by Crippen LogP contribution is -2.31. The second-order valence-corrected chi connectivity index (χ2v) is 6.26. The molecule has 1 aliphatic heterocycles. The van der Waals surface area contributed by atoms with Gasteiger partial charge in [-0.2, -0.15) is 0 Å². The zero-order chi connectivity index (χ0) is 17.8. The number of hydrogen-bond donors (Lipinski definition) is 2. The van der Waals surface area contributed by atoms with Crippen molar-refractivity contribution >= 4 is 39.2 Å². The van der Waals surface area contributed by atoms with E-state index in [1.165, 1.54) is 6.33 Å². The number of benzene rings is 1. The summed E-state index contributed by atoms with van der Waals surface area (Å²) in [5, 5.41) is 11.5. The van der Waals surface area contributed by atoms with Gasteiger partial charge in [0.2, 0.25) is 11.6 Å². The number of carbonyl (C=O) groups is 1. The first-order valence-corrected chi connectivity index (χ1v) is 8.42. The molecule has 0 radical (unpaired) electrons. The van der Waals surface area contributed by atoms with E-state index in [0.717, 1.165) is 12.8 Å². The molecule has 0 aliphatic carbocycles. The van der Waals surface area contributed by atoms with Crippen molar-refractivity contribution in [3.8, 4) is 0 Å². The lowest BCUT2D eigenvalue weighted by Gasteiger charge is -2.17. The van der Waals surface area contributed by atoms with Crippen molar-refractivity contribution in [1.82, 2.24) is 15.4 Å². The van der Waals surface area contributed by atoms with Gasteiger partial charge in [-0.15, -0.1) is 0 Å². The smallest absolute Gasteiger partial charge is 0.351 e. The minimum absolute atomic E-state index is 0.0534. The predicted octanol–water partition coefficient (Wildman–Crippen LogP) is 2.50. The standard InChI is InChI=1S/C15H15BrN6O3/c16-11-6-2-1-5-10(11)15(23)20-19-13-12(22(24)25)14(18-9-17-13)21-7-3-4-8-21/h1-2,5-6,9H,3-4,7-8H2,(H,20,23)(H,17,18,19). The molecular weight excluding hydrogens is 392 g/mol. The minimum atomic E-state index is -0.541. The van der Waals surface area contributed by atoms with Gasteiger partial charge in [0.1, 0.15) is 6.33 Å². The van der Waals surface area contributed by atoms with Crippen LogP contribution in [0, 0.1) is 10.1 Å². The van der Waals surface area contributed by atoms with Gasteiger partial charge in [-0.25, -0.2) is 9.97 Å². The van der Waals surface area contributed by atoms with E-state index in [1.54, 1.807) is 24.3 Å². The maximum absolute atomic E-state index is 12.2. The summed E-state index contributed by atoms with van der Waals surface area (Å²) in [5.41, 5.74) is 5.12. The predicted molar refractivity (Wildman–Crippen MR) is 95.4 cm³/mol. The molecule has 9 nitrogen and oxygen atoms in total.